The number of likely N-dealkylation sites (tertiary alicyclic amines) is 1. The minimum atomic E-state index is -0.381. The average Bonchev–Trinajstić information content (AvgIpc) is 3.27. The van der Waals surface area contributed by atoms with Crippen LogP contribution in [0.15, 0.2) is 30.5 Å². The third-order valence-electron chi connectivity index (χ3n) is 6.04. The molecule has 1 aliphatic heterocycles. The Hall–Kier alpha value is -3.02. The number of H-pyrrole nitrogens is 2. The summed E-state index contributed by atoms with van der Waals surface area (Å²) in [6, 6.07) is 8.35. The van der Waals surface area contributed by atoms with Gasteiger partial charge in [0.05, 0.1) is 11.7 Å². The molecule has 1 aliphatic rings. The van der Waals surface area contributed by atoms with Gasteiger partial charge in [-0.15, -0.1) is 0 Å². The lowest BCUT2D eigenvalue weighted by molar-refractivity contribution is 0.0376. The van der Waals surface area contributed by atoms with E-state index in [2.05, 4.69) is 34.4 Å². The molecule has 1 aromatic carbocycles. The molecule has 3 heterocycles. The Labute approximate surface area is 176 Å². The molecule has 0 aliphatic carbocycles. The van der Waals surface area contributed by atoms with Crippen molar-refractivity contribution in [3.63, 3.8) is 0 Å². The van der Waals surface area contributed by atoms with E-state index in [-0.39, 0.29) is 18.0 Å². The van der Waals surface area contributed by atoms with E-state index >= 15 is 0 Å². The standard InChI is InChI=1S/C24H29N3O3/c1-14(2)30-24(29)21-15(3)22(26-16(21)4)23(28)27-11-9-17(10-12-27)19-13-25-20-8-6-5-7-18(19)20/h5-8,13-14,17,25-26H,9-12H2,1-4H3. The van der Waals surface area contributed by atoms with Gasteiger partial charge in [0.2, 0.25) is 0 Å². The van der Waals surface area contributed by atoms with Crippen LogP contribution in [0, 0.1) is 13.8 Å². The summed E-state index contributed by atoms with van der Waals surface area (Å²) in [6.45, 7) is 8.66. The van der Waals surface area contributed by atoms with Crippen LogP contribution in [0.25, 0.3) is 10.9 Å². The zero-order chi connectivity index (χ0) is 21.4. The Morgan fingerprint density at radius 3 is 2.53 bits per heavy atom. The maximum absolute atomic E-state index is 13.2. The minimum absolute atomic E-state index is 0.0448. The van der Waals surface area contributed by atoms with Crippen LogP contribution < -0.4 is 0 Å². The molecular weight excluding hydrogens is 378 g/mol. The van der Waals surface area contributed by atoms with Crippen LogP contribution >= 0.6 is 0 Å². The van der Waals surface area contributed by atoms with Gasteiger partial charge < -0.3 is 19.6 Å². The fraction of sp³-hybridized carbons (Fsp3) is 0.417. The summed E-state index contributed by atoms with van der Waals surface area (Å²) in [6.07, 6.45) is 3.76. The lowest BCUT2D eigenvalue weighted by atomic mass is 9.89. The van der Waals surface area contributed by atoms with Crippen LogP contribution in [0.4, 0.5) is 0 Å². The molecule has 0 atom stereocenters. The average molecular weight is 408 g/mol. The zero-order valence-corrected chi connectivity index (χ0v) is 18.0. The molecule has 30 heavy (non-hydrogen) atoms. The zero-order valence-electron chi connectivity index (χ0n) is 18.0. The summed E-state index contributed by atoms with van der Waals surface area (Å²) >= 11 is 0. The third-order valence-corrected chi connectivity index (χ3v) is 6.04. The Kier molecular flexibility index (Phi) is 5.41. The Balaban J connectivity index is 1.48. The van der Waals surface area contributed by atoms with Gasteiger partial charge in [0, 0.05) is 35.9 Å². The maximum Gasteiger partial charge on any atom is 0.340 e. The third kappa shape index (κ3) is 3.62. The monoisotopic (exact) mass is 407 g/mol. The van der Waals surface area contributed by atoms with E-state index < -0.39 is 0 Å². The number of esters is 1. The van der Waals surface area contributed by atoms with Gasteiger partial charge in [0.15, 0.2) is 0 Å². The number of nitrogens with one attached hydrogen (secondary N) is 2. The molecule has 158 valence electrons. The highest BCUT2D eigenvalue weighted by atomic mass is 16.5. The number of hydrogen-bond acceptors (Lipinski definition) is 3. The van der Waals surface area contributed by atoms with Gasteiger partial charge in [-0.05, 0) is 63.6 Å². The molecule has 1 fully saturated rings. The molecule has 1 saturated heterocycles. The number of fused-ring (bicyclic) bond motifs is 1. The summed E-state index contributed by atoms with van der Waals surface area (Å²) in [5, 5.41) is 1.27. The van der Waals surface area contributed by atoms with Gasteiger partial charge in [-0.25, -0.2) is 4.79 Å². The van der Waals surface area contributed by atoms with Crippen molar-refractivity contribution in [2.75, 3.05) is 13.1 Å². The predicted molar refractivity (Wildman–Crippen MR) is 117 cm³/mol. The SMILES string of the molecule is Cc1[nH]c(C(=O)N2CCC(c3c[nH]c4ccccc34)CC2)c(C)c1C(=O)OC(C)C. The largest absolute Gasteiger partial charge is 0.459 e. The van der Waals surface area contributed by atoms with Crippen LogP contribution in [-0.2, 0) is 4.74 Å². The molecule has 4 rings (SSSR count). The van der Waals surface area contributed by atoms with E-state index in [0.717, 1.165) is 18.4 Å². The topological polar surface area (TPSA) is 78.2 Å². The second-order valence-electron chi connectivity index (χ2n) is 8.44. The van der Waals surface area contributed by atoms with Crippen molar-refractivity contribution in [2.24, 2.45) is 0 Å². The number of carbonyl (C=O) groups is 2. The normalized spacial score (nSPS) is 15.2. The number of amides is 1. The smallest absolute Gasteiger partial charge is 0.340 e. The van der Waals surface area contributed by atoms with Gasteiger partial charge in [-0.2, -0.15) is 0 Å². The number of aromatic nitrogens is 2. The van der Waals surface area contributed by atoms with Crippen LogP contribution in [-0.4, -0.2) is 45.9 Å². The Morgan fingerprint density at radius 1 is 1.13 bits per heavy atom. The molecule has 2 N–H and O–H groups in total. The van der Waals surface area contributed by atoms with Crippen molar-refractivity contribution in [1.29, 1.82) is 0 Å². The summed E-state index contributed by atoms with van der Waals surface area (Å²) in [7, 11) is 0. The maximum atomic E-state index is 13.2. The van der Waals surface area contributed by atoms with Crippen molar-refractivity contribution in [1.82, 2.24) is 14.9 Å². The number of aromatic amines is 2. The predicted octanol–water partition coefficient (Wildman–Crippen LogP) is 4.70. The number of piperidine rings is 1. The van der Waals surface area contributed by atoms with Crippen molar-refractivity contribution in [3.05, 3.63) is 58.5 Å². The highest BCUT2D eigenvalue weighted by Crippen LogP contribution is 2.33. The highest BCUT2D eigenvalue weighted by molar-refractivity contribution is 6.00. The van der Waals surface area contributed by atoms with E-state index in [0.29, 0.717) is 41.5 Å². The second-order valence-corrected chi connectivity index (χ2v) is 8.44. The molecular formula is C24H29N3O3. The van der Waals surface area contributed by atoms with E-state index in [9.17, 15) is 9.59 Å². The van der Waals surface area contributed by atoms with Gasteiger partial charge >= 0.3 is 5.97 Å². The summed E-state index contributed by atoms with van der Waals surface area (Å²) in [5.74, 6) is 0.0122. The van der Waals surface area contributed by atoms with E-state index in [1.807, 2.05) is 38.7 Å². The fourth-order valence-electron chi connectivity index (χ4n) is 4.53. The second kappa shape index (κ2) is 8.01. The number of nitrogens with zero attached hydrogens (tertiary/aromatic N) is 1. The Bertz CT molecular complexity index is 1080. The van der Waals surface area contributed by atoms with Gasteiger partial charge in [-0.1, -0.05) is 18.2 Å². The quantitative estimate of drug-likeness (QED) is 0.616. The lowest BCUT2D eigenvalue weighted by Crippen LogP contribution is -2.38. The first-order valence-corrected chi connectivity index (χ1v) is 10.6. The van der Waals surface area contributed by atoms with Gasteiger partial charge in [0.1, 0.15) is 5.69 Å². The van der Waals surface area contributed by atoms with Crippen molar-refractivity contribution in [3.8, 4) is 0 Å². The molecule has 0 saturated carbocycles. The molecule has 6 nitrogen and oxygen atoms in total. The Morgan fingerprint density at radius 2 is 1.83 bits per heavy atom. The van der Waals surface area contributed by atoms with E-state index in [1.165, 1.54) is 10.9 Å². The van der Waals surface area contributed by atoms with Crippen molar-refractivity contribution >= 4 is 22.8 Å². The summed E-state index contributed by atoms with van der Waals surface area (Å²) in [5.41, 5.74) is 4.80. The molecule has 0 bridgehead atoms. The molecule has 0 radical (unpaired) electrons. The highest BCUT2D eigenvalue weighted by Gasteiger charge is 2.30. The van der Waals surface area contributed by atoms with Crippen LogP contribution in [0.2, 0.25) is 0 Å². The summed E-state index contributed by atoms with van der Waals surface area (Å²) in [4.78, 5) is 34.0. The molecule has 1 amide bonds. The number of aryl methyl sites for hydroxylation is 1. The number of hydrogen-bond donors (Lipinski definition) is 2. The van der Waals surface area contributed by atoms with Gasteiger partial charge in [0.25, 0.3) is 5.91 Å². The molecule has 2 aromatic heterocycles. The number of ether oxygens (including phenoxy) is 1. The van der Waals surface area contributed by atoms with Crippen molar-refractivity contribution in [2.45, 2.75) is 52.6 Å². The van der Waals surface area contributed by atoms with Crippen LogP contribution in [0.1, 0.15) is 70.3 Å². The number of rotatable bonds is 4. The van der Waals surface area contributed by atoms with E-state index in [1.54, 1.807) is 0 Å². The number of carbonyl (C=O) groups excluding carboxylic acids is 2. The van der Waals surface area contributed by atoms with Gasteiger partial charge in [-0.3, -0.25) is 4.79 Å². The van der Waals surface area contributed by atoms with Crippen LogP contribution in [0.5, 0.6) is 0 Å². The van der Waals surface area contributed by atoms with Crippen LogP contribution in [0.3, 0.4) is 0 Å². The fourth-order valence-corrected chi connectivity index (χ4v) is 4.53. The molecule has 3 aromatic rings. The molecule has 0 unspecified atom stereocenters. The number of para-hydroxylation sites is 1. The molecule has 6 heteroatoms. The first-order chi connectivity index (χ1) is 14.4. The van der Waals surface area contributed by atoms with E-state index in [4.69, 9.17) is 4.74 Å². The minimum Gasteiger partial charge on any atom is -0.459 e. The first kappa shape index (κ1) is 20.3. The number of benzene rings is 1. The molecule has 0 spiro atoms. The lowest BCUT2D eigenvalue weighted by Gasteiger charge is -2.32. The first-order valence-electron chi connectivity index (χ1n) is 10.6. The summed E-state index contributed by atoms with van der Waals surface area (Å²) < 4.78 is 5.34. The van der Waals surface area contributed by atoms with Crippen molar-refractivity contribution < 1.29 is 14.3 Å².